The zero-order valence-corrected chi connectivity index (χ0v) is 10.4. The van der Waals surface area contributed by atoms with E-state index in [1.165, 1.54) is 11.1 Å². The third kappa shape index (κ3) is 3.54. The van der Waals surface area contributed by atoms with Crippen molar-refractivity contribution in [3.63, 3.8) is 0 Å². The number of rotatable bonds is 2. The standard InChI is InChI=1S/C12H13NO.C2H6/c1-9-4-3-5-11(6-9)8-12-7-10(2)13-14-12;1-2/h3-7H,8H2,1-2H3;1-2H3. The second-order valence-corrected chi connectivity index (χ2v) is 3.60. The Hall–Kier alpha value is -1.57. The Morgan fingerprint density at radius 3 is 2.44 bits per heavy atom. The van der Waals surface area contributed by atoms with Gasteiger partial charge in [-0.2, -0.15) is 0 Å². The molecule has 2 rings (SSSR count). The van der Waals surface area contributed by atoms with Gasteiger partial charge in [0.15, 0.2) is 0 Å². The van der Waals surface area contributed by atoms with Crippen LogP contribution in [0.25, 0.3) is 0 Å². The van der Waals surface area contributed by atoms with Gasteiger partial charge in [0.1, 0.15) is 5.76 Å². The summed E-state index contributed by atoms with van der Waals surface area (Å²) in [4.78, 5) is 0. The molecular formula is C14H19NO. The molecule has 0 fully saturated rings. The van der Waals surface area contributed by atoms with E-state index in [1.54, 1.807) is 0 Å². The van der Waals surface area contributed by atoms with Crippen molar-refractivity contribution in [2.75, 3.05) is 0 Å². The topological polar surface area (TPSA) is 26.0 Å². The second kappa shape index (κ2) is 6.11. The minimum atomic E-state index is 0.822. The Bertz CT molecular complexity index is 432. The van der Waals surface area contributed by atoms with Gasteiger partial charge >= 0.3 is 0 Å². The monoisotopic (exact) mass is 217 g/mol. The molecule has 1 aromatic carbocycles. The first-order chi connectivity index (χ1) is 7.74. The molecule has 0 amide bonds. The third-order valence-corrected chi connectivity index (χ3v) is 2.14. The molecule has 1 heterocycles. The average molecular weight is 217 g/mol. The molecule has 2 aromatic rings. The molecule has 0 atom stereocenters. The van der Waals surface area contributed by atoms with Gasteiger partial charge in [-0.1, -0.05) is 48.8 Å². The molecule has 16 heavy (non-hydrogen) atoms. The first-order valence-electron chi connectivity index (χ1n) is 5.72. The largest absolute Gasteiger partial charge is 0.361 e. The fraction of sp³-hybridized carbons (Fsp3) is 0.357. The van der Waals surface area contributed by atoms with E-state index in [2.05, 4.69) is 36.3 Å². The maximum Gasteiger partial charge on any atom is 0.141 e. The predicted molar refractivity (Wildman–Crippen MR) is 66.6 cm³/mol. The molecule has 0 aliphatic carbocycles. The van der Waals surface area contributed by atoms with Crippen molar-refractivity contribution in [1.29, 1.82) is 0 Å². The number of nitrogens with zero attached hydrogens (tertiary/aromatic N) is 1. The lowest BCUT2D eigenvalue weighted by atomic mass is 10.1. The molecule has 0 saturated carbocycles. The first-order valence-corrected chi connectivity index (χ1v) is 5.72. The minimum absolute atomic E-state index is 0.822. The van der Waals surface area contributed by atoms with Crippen LogP contribution in [0.2, 0.25) is 0 Å². The van der Waals surface area contributed by atoms with Gasteiger partial charge in [-0.3, -0.25) is 0 Å². The highest BCUT2D eigenvalue weighted by atomic mass is 16.5. The number of aryl methyl sites for hydroxylation is 2. The lowest BCUT2D eigenvalue weighted by molar-refractivity contribution is 0.385. The van der Waals surface area contributed by atoms with Crippen LogP contribution in [-0.4, -0.2) is 5.16 Å². The zero-order chi connectivity index (χ0) is 12.0. The van der Waals surface area contributed by atoms with Gasteiger partial charge in [0, 0.05) is 12.5 Å². The molecule has 0 aliphatic heterocycles. The molecule has 0 saturated heterocycles. The van der Waals surface area contributed by atoms with E-state index in [4.69, 9.17) is 4.52 Å². The predicted octanol–water partition coefficient (Wildman–Crippen LogP) is 3.91. The molecule has 0 spiro atoms. The van der Waals surface area contributed by atoms with Crippen molar-refractivity contribution in [3.05, 3.63) is 52.9 Å². The quantitative estimate of drug-likeness (QED) is 0.762. The average Bonchev–Trinajstić information content (AvgIpc) is 2.67. The second-order valence-electron chi connectivity index (χ2n) is 3.60. The van der Waals surface area contributed by atoms with E-state index >= 15 is 0 Å². The van der Waals surface area contributed by atoms with Crippen LogP contribution in [0.15, 0.2) is 34.9 Å². The molecule has 1 aromatic heterocycles. The summed E-state index contributed by atoms with van der Waals surface area (Å²) in [5.74, 6) is 0.924. The number of hydrogen-bond donors (Lipinski definition) is 0. The van der Waals surface area contributed by atoms with Crippen LogP contribution in [0.1, 0.15) is 36.4 Å². The summed E-state index contributed by atoms with van der Waals surface area (Å²) in [5, 5.41) is 3.86. The van der Waals surface area contributed by atoms with Crippen LogP contribution in [-0.2, 0) is 6.42 Å². The summed E-state index contributed by atoms with van der Waals surface area (Å²) >= 11 is 0. The van der Waals surface area contributed by atoms with E-state index < -0.39 is 0 Å². The van der Waals surface area contributed by atoms with Crippen LogP contribution in [0.5, 0.6) is 0 Å². The van der Waals surface area contributed by atoms with E-state index in [0.29, 0.717) is 0 Å². The Balaban J connectivity index is 0.000000606. The van der Waals surface area contributed by atoms with Crippen molar-refractivity contribution in [1.82, 2.24) is 5.16 Å². The molecule has 0 aliphatic rings. The van der Waals surface area contributed by atoms with Gasteiger partial charge in [0.25, 0.3) is 0 Å². The number of hydrogen-bond acceptors (Lipinski definition) is 2. The number of benzene rings is 1. The van der Waals surface area contributed by atoms with E-state index in [0.717, 1.165) is 17.9 Å². The van der Waals surface area contributed by atoms with Crippen LogP contribution >= 0.6 is 0 Å². The lowest BCUT2D eigenvalue weighted by Crippen LogP contribution is -1.85. The zero-order valence-electron chi connectivity index (χ0n) is 10.4. The highest BCUT2D eigenvalue weighted by Gasteiger charge is 2.01. The van der Waals surface area contributed by atoms with Gasteiger partial charge in [-0.15, -0.1) is 0 Å². The molecule has 0 unspecified atom stereocenters. The maximum atomic E-state index is 5.16. The van der Waals surface area contributed by atoms with E-state index in [-0.39, 0.29) is 0 Å². The smallest absolute Gasteiger partial charge is 0.141 e. The molecule has 0 radical (unpaired) electrons. The molecule has 2 heteroatoms. The molecule has 86 valence electrons. The Labute approximate surface area is 97.3 Å². The van der Waals surface area contributed by atoms with Crippen molar-refractivity contribution in [2.45, 2.75) is 34.1 Å². The van der Waals surface area contributed by atoms with Crippen molar-refractivity contribution < 1.29 is 4.52 Å². The van der Waals surface area contributed by atoms with Crippen LogP contribution < -0.4 is 0 Å². The summed E-state index contributed by atoms with van der Waals surface area (Å²) in [6.07, 6.45) is 0.822. The number of aromatic nitrogens is 1. The van der Waals surface area contributed by atoms with Gasteiger partial charge in [0.2, 0.25) is 0 Å². The summed E-state index contributed by atoms with van der Waals surface area (Å²) < 4.78 is 5.16. The maximum absolute atomic E-state index is 5.16. The molecule has 0 N–H and O–H groups in total. The van der Waals surface area contributed by atoms with Crippen molar-refractivity contribution in [3.8, 4) is 0 Å². The third-order valence-electron chi connectivity index (χ3n) is 2.14. The highest BCUT2D eigenvalue weighted by Crippen LogP contribution is 2.11. The van der Waals surface area contributed by atoms with Crippen LogP contribution in [0.3, 0.4) is 0 Å². The van der Waals surface area contributed by atoms with Gasteiger partial charge in [-0.25, -0.2) is 0 Å². The summed E-state index contributed by atoms with van der Waals surface area (Å²) in [7, 11) is 0. The highest BCUT2D eigenvalue weighted by molar-refractivity contribution is 5.25. The van der Waals surface area contributed by atoms with Crippen molar-refractivity contribution >= 4 is 0 Å². The lowest BCUT2D eigenvalue weighted by Gasteiger charge is -1.98. The fourth-order valence-corrected chi connectivity index (χ4v) is 1.52. The Kier molecular flexibility index (Phi) is 4.77. The molecular weight excluding hydrogens is 198 g/mol. The SMILES string of the molecule is CC.Cc1cccc(Cc2cc(C)no2)c1. The van der Waals surface area contributed by atoms with Gasteiger partial charge in [-0.05, 0) is 19.4 Å². The molecule has 0 bridgehead atoms. The van der Waals surface area contributed by atoms with Gasteiger partial charge in [0.05, 0.1) is 5.69 Å². The summed E-state index contributed by atoms with van der Waals surface area (Å²) in [6.45, 7) is 8.03. The summed E-state index contributed by atoms with van der Waals surface area (Å²) in [6, 6.07) is 10.4. The molecule has 2 nitrogen and oxygen atoms in total. The van der Waals surface area contributed by atoms with E-state index in [1.807, 2.05) is 26.8 Å². The summed E-state index contributed by atoms with van der Waals surface area (Å²) in [5.41, 5.74) is 3.48. The fourth-order valence-electron chi connectivity index (χ4n) is 1.52. The van der Waals surface area contributed by atoms with Crippen molar-refractivity contribution in [2.24, 2.45) is 0 Å². The van der Waals surface area contributed by atoms with Gasteiger partial charge < -0.3 is 4.52 Å². The minimum Gasteiger partial charge on any atom is -0.361 e. The van der Waals surface area contributed by atoms with E-state index in [9.17, 15) is 0 Å². The Morgan fingerprint density at radius 1 is 1.12 bits per heavy atom. The first kappa shape index (κ1) is 12.5. The van der Waals surface area contributed by atoms with Crippen LogP contribution in [0.4, 0.5) is 0 Å². The van der Waals surface area contributed by atoms with Crippen LogP contribution in [0, 0.1) is 13.8 Å². The normalized spacial score (nSPS) is 9.50. The Morgan fingerprint density at radius 2 is 1.88 bits per heavy atom.